The number of nitrogens with one attached hydrogen (secondary N) is 1. The first-order chi connectivity index (χ1) is 12.2. The Morgan fingerprint density at radius 3 is 2.48 bits per heavy atom. The molecule has 0 radical (unpaired) electrons. The van der Waals surface area contributed by atoms with Crippen molar-refractivity contribution in [1.82, 2.24) is 15.1 Å². The summed E-state index contributed by atoms with van der Waals surface area (Å²) < 4.78 is 10.8. The van der Waals surface area contributed by atoms with E-state index in [1.54, 1.807) is 14.2 Å². The molecule has 1 N–H and O–H groups in total. The average Bonchev–Trinajstić information content (AvgIpc) is 2.63. The molecule has 1 aliphatic rings. The molecule has 140 valence electrons. The van der Waals surface area contributed by atoms with E-state index in [1.165, 1.54) is 0 Å². The van der Waals surface area contributed by atoms with E-state index in [0.717, 1.165) is 69.2 Å². The molecule has 1 heterocycles. The maximum absolute atomic E-state index is 11.9. The van der Waals surface area contributed by atoms with Crippen LogP contribution in [0.1, 0.15) is 25.3 Å². The number of amides is 1. The van der Waals surface area contributed by atoms with Gasteiger partial charge in [0.05, 0.1) is 20.8 Å². The molecule has 0 bridgehead atoms. The summed E-state index contributed by atoms with van der Waals surface area (Å²) in [5, 5.41) is 2.99. The van der Waals surface area contributed by atoms with Gasteiger partial charge in [-0.15, -0.1) is 0 Å². The summed E-state index contributed by atoms with van der Waals surface area (Å²) in [6.45, 7) is 7.96. The molecule has 0 unspecified atom stereocenters. The Hall–Kier alpha value is -1.79. The molecule has 0 spiro atoms. The lowest BCUT2D eigenvalue weighted by Gasteiger charge is -2.34. The van der Waals surface area contributed by atoms with Crippen LogP contribution in [0, 0.1) is 0 Å². The van der Waals surface area contributed by atoms with Gasteiger partial charge in [0.1, 0.15) is 11.5 Å². The lowest BCUT2D eigenvalue weighted by Crippen LogP contribution is -2.49. The van der Waals surface area contributed by atoms with Gasteiger partial charge in [-0.1, -0.05) is 13.3 Å². The molecule has 1 aromatic rings. The van der Waals surface area contributed by atoms with Crippen molar-refractivity contribution in [3.05, 3.63) is 23.8 Å². The average molecular weight is 349 g/mol. The van der Waals surface area contributed by atoms with Gasteiger partial charge in [0.15, 0.2) is 0 Å². The molecule has 1 fully saturated rings. The zero-order valence-electron chi connectivity index (χ0n) is 15.7. The highest BCUT2D eigenvalue weighted by Crippen LogP contribution is 2.25. The zero-order valence-corrected chi connectivity index (χ0v) is 15.7. The minimum absolute atomic E-state index is 0.136. The van der Waals surface area contributed by atoms with Gasteiger partial charge in [0.2, 0.25) is 5.91 Å². The van der Waals surface area contributed by atoms with Crippen LogP contribution >= 0.6 is 0 Å². The molecule has 0 saturated carbocycles. The van der Waals surface area contributed by atoms with E-state index < -0.39 is 0 Å². The maximum Gasteiger partial charge on any atom is 0.234 e. The first-order valence-corrected chi connectivity index (χ1v) is 9.08. The molecule has 2 rings (SSSR count). The van der Waals surface area contributed by atoms with E-state index in [4.69, 9.17) is 9.47 Å². The first kappa shape index (κ1) is 19.5. The van der Waals surface area contributed by atoms with Crippen LogP contribution in [-0.4, -0.2) is 69.2 Å². The maximum atomic E-state index is 11.9. The highest BCUT2D eigenvalue weighted by atomic mass is 16.5. The Bertz CT molecular complexity index is 543. The summed E-state index contributed by atoms with van der Waals surface area (Å²) in [4.78, 5) is 16.5. The molecule has 0 aliphatic carbocycles. The van der Waals surface area contributed by atoms with Crippen molar-refractivity contribution in [2.45, 2.75) is 26.3 Å². The molecule has 1 saturated heterocycles. The lowest BCUT2D eigenvalue weighted by molar-refractivity contribution is -0.122. The fourth-order valence-corrected chi connectivity index (χ4v) is 3.02. The molecule has 1 aliphatic heterocycles. The number of piperazine rings is 1. The van der Waals surface area contributed by atoms with Crippen LogP contribution in [0.3, 0.4) is 0 Å². The molecule has 1 amide bonds. The summed E-state index contributed by atoms with van der Waals surface area (Å²) >= 11 is 0. The third kappa shape index (κ3) is 6.21. The first-order valence-electron chi connectivity index (χ1n) is 9.08. The number of unbranched alkanes of at least 4 members (excludes halogenated alkanes) is 1. The van der Waals surface area contributed by atoms with Gasteiger partial charge in [0.25, 0.3) is 0 Å². The third-order valence-corrected chi connectivity index (χ3v) is 4.57. The van der Waals surface area contributed by atoms with Gasteiger partial charge >= 0.3 is 0 Å². The second kappa shape index (κ2) is 10.3. The quantitative estimate of drug-likeness (QED) is 0.688. The zero-order chi connectivity index (χ0) is 18.1. The van der Waals surface area contributed by atoms with Crippen LogP contribution in [0.4, 0.5) is 0 Å². The number of nitrogens with zero attached hydrogens (tertiary/aromatic N) is 2. The van der Waals surface area contributed by atoms with Crippen molar-refractivity contribution in [2.75, 3.05) is 53.5 Å². The van der Waals surface area contributed by atoms with Crippen LogP contribution in [0.2, 0.25) is 0 Å². The van der Waals surface area contributed by atoms with Gasteiger partial charge in [-0.3, -0.25) is 14.6 Å². The van der Waals surface area contributed by atoms with Crippen LogP contribution in [-0.2, 0) is 11.3 Å². The predicted octanol–water partition coefficient (Wildman–Crippen LogP) is 1.74. The van der Waals surface area contributed by atoms with Gasteiger partial charge < -0.3 is 14.8 Å². The highest BCUT2D eigenvalue weighted by molar-refractivity contribution is 5.77. The van der Waals surface area contributed by atoms with E-state index in [0.29, 0.717) is 6.54 Å². The second-order valence-corrected chi connectivity index (χ2v) is 6.43. The summed E-state index contributed by atoms with van der Waals surface area (Å²) in [6.07, 6.45) is 2.15. The number of rotatable bonds is 9. The van der Waals surface area contributed by atoms with Crippen molar-refractivity contribution in [3.8, 4) is 11.5 Å². The van der Waals surface area contributed by atoms with Crippen LogP contribution in [0.5, 0.6) is 11.5 Å². The SMILES string of the molecule is CCCCNC(=O)CN1CCN(Cc2cc(OC)ccc2OC)CC1. The molecule has 1 aromatic carbocycles. The second-order valence-electron chi connectivity index (χ2n) is 6.43. The Morgan fingerprint density at radius 2 is 1.84 bits per heavy atom. The van der Waals surface area contributed by atoms with E-state index >= 15 is 0 Å². The Balaban J connectivity index is 1.79. The fraction of sp³-hybridized carbons (Fsp3) is 0.632. The van der Waals surface area contributed by atoms with E-state index in [9.17, 15) is 4.79 Å². The van der Waals surface area contributed by atoms with Gasteiger partial charge in [-0.05, 0) is 24.6 Å². The van der Waals surface area contributed by atoms with Gasteiger partial charge in [0, 0.05) is 44.8 Å². The van der Waals surface area contributed by atoms with Crippen molar-refractivity contribution in [3.63, 3.8) is 0 Å². The summed E-state index contributed by atoms with van der Waals surface area (Å²) in [5.74, 6) is 1.87. The molecule has 0 atom stereocenters. The summed E-state index contributed by atoms with van der Waals surface area (Å²) in [6, 6.07) is 5.90. The fourth-order valence-electron chi connectivity index (χ4n) is 3.02. The lowest BCUT2D eigenvalue weighted by atomic mass is 10.1. The topological polar surface area (TPSA) is 54.0 Å². The standard InChI is InChI=1S/C19H31N3O3/c1-4-5-8-20-19(23)15-22-11-9-21(10-12-22)14-16-13-17(24-2)6-7-18(16)25-3/h6-7,13H,4-5,8-12,14-15H2,1-3H3,(H,20,23). The van der Waals surface area contributed by atoms with Gasteiger partial charge in [-0.25, -0.2) is 0 Å². The summed E-state index contributed by atoms with van der Waals surface area (Å²) in [7, 11) is 3.37. The number of methoxy groups -OCH3 is 2. The van der Waals surface area contributed by atoms with Crippen molar-refractivity contribution >= 4 is 5.91 Å². The number of ether oxygens (including phenoxy) is 2. The van der Waals surface area contributed by atoms with Crippen molar-refractivity contribution < 1.29 is 14.3 Å². The van der Waals surface area contributed by atoms with E-state index in [1.807, 2.05) is 18.2 Å². The van der Waals surface area contributed by atoms with Gasteiger partial charge in [-0.2, -0.15) is 0 Å². The van der Waals surface area contributed by atoms with Crippen molar-refractivity contribution in [1.29, 1.82) is 0 Å². The van der Waals surface area contributed by atoms with Crippen LogP contribution < -0.4 is 14.8 Å². The number of carbonyl (C=O) groups excluding carboxylic acids is 1. The molecule has 25 heavy (non-hydrogen) atoms. The third-order valence-electron chi connectivity index (χ3n) is 4.57. The molecular weight excluding hydrogens is 318 g/mol. The number of benzene rings is 1. The highest BCUT2D eigenvalue weighted by Gasteiger charge is 2.20. The Morgan fingerprint density at radius 1 is 1.12 bits per heavy atom. The van der Waals surface area contributed by atoms with Crippen LogP contribution in [0.15, 0.2) is 18.2 Å². The molecule has 6 nitrogen and oxygen atoms in total. The molecular formula is C19H31N3O3. The smallest absolute Gasteiger partial charge is 0.234 e. The van der Waals surface area contributed by atoms with Crippen LogP contribution in [0.25, 0.3) is 0 Å². The Labute approximate surface area is 151 Å². The minimum atomic E-state index is 0.136. The monoisotopic (exact) mass is 349 g/mol. The number of hydrogen-bond acceptors (Lipinski definition) is 5. The normalized spacial score (nSPS) is 15.8. The molecule has 0 aromatic heterocycles. The predicted molar refractivity (Wildman–Crippen MR) is 99.2 cm³/mol. The number of carbonyl (C=O) groups is 1. The largest absolute Gasteiger partial charge is 0.497 e. The van der Waals surface area contributed by atoms with E-state index in [2.05, 4.69) is 22.0 Å². The van der Waals surface area contributed by atoms with Crippen molar-refractivity contribution in [2.24, 2.45) is 0 Å². The summed E-state index contributed by atoms with van der Waals surface area (Å²) in [5.41, 5.74) is 1.13. The minimum Gasteiger partial charge on any atom is -0.497 e. The Kier molecular flexibility index (Phi) is 8.01. The van der Waals surface area contributed by atoms with E-state index in [-0.39, 0.29) is 5.91 Å². The number of hydrogen-bond donors (Lipinski definition) is 1. The molecule has 6 heteroatoms.